The van der Waals surface area contributed by atoms with Gasteiger partial charge in [-0.1, -0.05) is 24.3 Å². The molecule has 4 aromatic carbocycles. The van der Waals surface area contributed by atoms with Crippen molar-refractivity contribution >= 4 is 59.6 Å². The SMILES string of the molecule is CCNc1c(C)cc(C)c(N=c2ccc3c(-c4ccccc4S(=O)(=O)O)c4ccc(Nc5c(C)c(NCC)c(C)c(S(=O)(=O)O)c5C)cc4oc-3c2)c1C. The molecule has 0 unspecified atom stereocenters. The average molecular weight is 769 g/mol. The molecule has 0 saturated heterocycles. The number of rotatable bonds is 10. The van der Waals surface area contributed by atoms with Gasteiger partial charge in [-0.15, -0.1) is 0 Å². The molecule has 0 saturated carbocycles. The van der Waals surface area contributed by atoms with Crippen molar-refractivity contribution in [2.45, 2.75) is 65.2 Å². The zero-order chi connectivity index (χ0) is 39.3. The summed E-state index contributed by atoms with van der Waals surface area (Å²) in [5, 5.41) is 11.2. The molecule has 0 atom stereocenters. The van der Waals surface area contributed by atoms with E-state index < -0.39 is 20.2 Å². The maximum Gasteiger partial charge on any atom is 0.295 e. The van der Waals surface area contributed by atoms with Crippen molar-refractivity contribution in [2.24, 2.45) is 4.99 Å². The van der Waals surface area contributed by atoms with Crippen LogP contribution in [0.3, 0.4) is 0 Å². The lowest BCUT2D eigenvalue weighted by Gasteiger charge is -2.23. The summed E-state index contributed by atoms with van der Waals surface area (Å²) in [7, 11) is -9.19. The highest BCUT2D eigenvalue weighted by Gasteiger charge is 2.26. The third-order valence-electron chi connectivity index (χ3n) is 9.73. The number of nitrogens with one attached hydrogen (secondary N) is 3. The Bertz CT molecular complexity index is 2740. The number of nitrogens with zero attached hydrogens (tertiary/aromatic N) is 1. The highest BCUT2D eigenvalue weighted by Crippen LogP contribution is 2.44. The van der Waals surface area contributed by atoms with Gasteiger partial charge in [0, 0.05) is 70.0 Å². The minimum Gasteiger partial charge on any atom is -0.456 e. The van der Waals surface area contributed by atoms with E-state index >= 15 is 0 Å². The largest absolute Gasteiger partial charge is 0.456 e. The average Bonchev–Trinajstić information content (AvgIpc) is 3.10. The van der Waals surface area contributed by atoms with Crippen LogP contribution in [0.2, 0.25) is 0 Å². The summed E-state index contributed by atoms with van der Waals surface area (Å²) in [6, 6.07) is 19.1. The summed E-state index contributed by atoms with van der Waals surface area (Å²) in [4.78, 5) is 4.61. The molecular formula is C41H44N4O7S2. The van der Waals surface area contributed by atoms with E-state index in [1.54, 1.807) is 56.3 Å². The molecule has 54 heavy (non-hydrogen) atoms. The van der Waals surface area contributed by atoms with Gasteiger partial charge in [0.2, 0.25) is 0 Å². The minimum atomic E-state index is -4.62. The molecule has 0 spiro atoms. The van der Waals surface area contributed by atoms with Crippen LogP contribution in [-0.2, 0) is 20.2 Å². The van der Waals surface area contributed by atoms with E-state index in [0.29, 0.717) is 67.9 Å². The summed E-state index contributed by atoms with van der Waals surface area (Å²) in [5.74, 6) is 0.418. The van der Waals surface area contributed by atoms with Gasteiger partial charge in [0.25, 0.3) is 20.2 Å². The third-order valence-corrected chi connectivity index (χ3v) is 11.8. The predicted molar refractivity (Wildman–Crippen MR) is 216 cm³/mol. The molecule has 11 nitrogen and oxygen atoms in total. The molecule has 0 amide bonds. The molecule has 2 aliphatic rings. The molecule has 4 aromatic rings. The van der Waals surface area contributed by atoms with Crippen LogP contribution in [0.5, 0.6) is 0 Å². The van der Waals surface area contributed by atoms with Crippen molar-refractivity contribution in [1.82, 2.24) is 0 Å². The first-order valence-corrected chi connectivity index (χ1v) is 20.4. The van der Waals surface area contributed by atoms with Gasteiger partial charge in [0.1, 0.15) is 21.1 Å². The summed E-state index contributed by atoms with van der Waals surface area (Å²) in [5.41, 5.74) is 9.93. The number of anilines is 4. The second kappa shape index (κ2) is 14.6. The smallest absolute Gasteiger partial charge is 0.295 e. The van der Waals surface area contributed by atoms with Crippen molar-refractivity contribution < 1.29 is 30.4 Å². The highest BCUT2D eigenvalue weighted by molar-refractivity contribution is 7.86. The first-order chi connectivity index (χ1) is 25.5. The van der Waals surface area contributed by atoms with Crippen LogP contribution in [0.25, 0.3) is 33.4 Å². The zero-order valence-electron chi connectivity index (χ0n) is 31.5. The second-order valence-electron chi connectivity index (χ2n) is 13.4. The lowest BCUT2D eigenvalue weighted by Crippen LogP contribution is -2.12. The first-order valence-electron chi connectivity index (χ1n) is 17.5. The Morgan fingerprint density at radius 1 is 0.667 bits per heavy atom. The van der Waals surface area contributed by atoms with Gasteiger partial charge >= 0.3 is 0 Å². The fourth-order valence-corrected chi connectivity index (χ4v) is 9.17. The molecule has 6 rings (SSSR count). The molecular weight excluding hydrogens is 725 g/mol. The predicted octanol–water partition coefficient (Wildman–Crippen LogP) is 9.39. The lowest BCUT2D eigenvalue weighted by atomic mass is 9.93. The minimum absolute atomic E-state index is 0.181. The van der Waals surface area contributed by atoms with Crippen LogP contribution >= 0.6 is 0 Å². The Kier molecular flexibility index (Phi) is 10.4. The van der Waals surface area contributed by atoms with Gasteiger partial charge < -0.3 is 20.4 Å². The lowest BCUT2D eigenvalue weighted by molar-refractivity contribution is 0.480. The number of hydrogen-bond acceptors (Lipinski definition) is 9. The van der Waals surface area contributed by atoms with Gasteiger partial charge in [0.05, 0.1) is 11.0 Å². The van der Waals surface area contributed by atoms with E-state index in [-0.39, 0.29) is 15.4 Å². The second-order valence-corrected chi connectivity index (χ2v) is 16.2. The van der Waals surface area contributed by atoms with Crippen molar-refractivity contribution in [2.75, 3.05) is 29.0 Å². The Labute approximate surface area is 316 Å². The Balaban J connectivity index is 1.63. The molecule has 1 aliphatic carbocycles. The topological polar surface area (TPSA) is 170 Å². The van der Waals surface area contributed by atoms with Gasteiger partial charge in [-0.3, -0.25) is 9.11 Å². The Hall–Kier alpha value is -5.21. The van der Waals surface area contributed by atoms with Gasteiger partial charge in [-0.05, 0) is 119 Å². The van der Waals surface area contributed by atoms with Crippen LogP contribution in [0.15, 0.2) is 85.9 Å². The fraction of sp³-hybridized carbons (Fsp3) is 0.244. The van der Waals surface area contributed by atoms with Gasteiger partial charge in [-0.25, -0.2) is 4.99 Å². The molecule has 1 aliphatic heterocycles. The molecule has 13 heteroatoms. The van der Waals surface area contributed by atoms with Gasteiger partial charge in [-0.2, -0.15) is 16.8 Å². The van der Waals surface area contributed by atoms with Crippen molar-refractivity contribution in [1.29, 1.82) is 0 Å². The molecule has 282 valence electrons. The van der Waals surface area contributed by atoms with Crippen LogP contribution in [0.1, 0.15) is 47.2 Å². The Morgan fingerprint density at radius 2 is 1.33 bits per heavy atom. The van der Waals surface area contributed by atoms with E-state index in [9.17, 15) is 25.9 Å². The number of aryl methyl sites for hydroxylation is 2. The standard InChI is InChI=1S/C41H44N4O7S2/c1-9-42-37-22(3)19-23(4)38(24(37)5)44-28-15-17-30-33(20-28)52-34-21-29(16-18-31(34)36(30)32-13-11-12-14-35(32)53(46,47)48)45-40-25(6)39(43-10-2)26(7)41(27(40)8)54(49,50)51/h11-21,42-43,45H,9-10H2,1-8H3,(H,46,47,48)(H,49,50,51). The zero-order valence-corrected chi connectivity index (χ0v) is 33.1. The molecule has 0 fully saturated rings. The summed E-state index contributed by atoms with van der Waals surface area (Å²) >= 11 is 0. The maximum atomic E-state index is 12.7. The number of benzene rings is 5. The third kappa shape index (κ3) is 7.07. The molecule has 5 N–H and O–H groups in total. The first kappa shape index (κ1) is 38.5. The highest BCUT2D eigenvalue weighted by atomic mass is 32.2. The quantitative estimate of drug-likeness (QED) is 0.0668. The number of hydrogen-bond donors (Lipinski definition) is 5. The van der Waals surface area contributed by atoms with Crippen molar-refractivity contribution in [3.05, 3.63) is 105 Å². The summed E-state index contributed by atoms with van der Waals surface area (Å²) in [6.45, 7) is 16.5. The molecule has 0 bridgehead atoms. The Morgan fingerprint density at radius 3 is 2.00 bits per heavy atom. The van der Waals surface area contributed by atoms with Crippen molar-refractivity contribution in [3.8, 4) is 22.5 Å². The summed E-state index contributed by atoms with van der Waals surface area (Å²) in [6.07, 6.45) is 0. The molecule has 0 aromatic heterocycles. The summed E-state index contributed by atoms with van der Waals surface area (Å²) < 4.78 is 77.6. The fourth-order valence-electron chi connectivity index (χ4n) is 7.50. The van der Waals surface area contributed by atoms with Crippen LogP contribution < -0.4 is 21.3 Å². The monoisotopic (exact) mass is 768 g/mol. The van der Waals surface area contributed by atoms with E-state index in [2.05, 4.69) is 28.9 Å². The van der Waals surface area contributed by atoms with Crippen molar-refractivity contribution in [3.63, 3.8) is 0 Å². The van der Waals surface area contributed by atoms with Crippen LogP contribution in [-0.4, -0.2) is 39.0 Å². The van der Waals surface area contributed by atoms with Crippen LogP contribution in [0, 0.1) is 41.5 Å². The van der Waals surface area contributed by atoms with E-state index in [0.717, 1.165) is 40.2 Å². The van der Waals surface area contributed by atoms with E-state index in [1.807, 2.05) is 46.8 Å². The molecule has 0 radical (unpaired) electrons. The van der Waals surface area contributed by atoms with E-state index in [4.69, 9.17) is 9.41 Å². The molecule has 1 heterocycles. The maximum absolute atomic E-state index is 12.7. The normalized spacial score (nSPS) is 12.4. The number of fused-ring (bicyclic) bond motifs is 2. The van der Waals surface area contributed by atoms with Crippen LogP contribution in [0.4, 0.5) is 28.4 Å². The van der Waals surface area contributed by atoms with E-state index in [1.165, 1.54) is 6.07 Å². The van der Waals surface area contributed by atoms with Gasteiger partial charge in [0.15, 0.2) is 0 Å².